The van der Waals surface area contributed by atoms with Crippen molar-refractivity contribution in [3.8, 4) is 11.3 Å². The van der Waals surface area contributed by atoms with E-state index in [1.54, 1.807) is 6.92 Å². The van der Waals surface area contributed by atoms with E-state index in [4.69, 9.17) is 0 Å². The van der Waals surface area contributed by atoms with Gasteiger partial charge < -0.3 is 10.3 Å². The van der Waals surface area contributed by atoms with Gasteiger partial charge in [0, 0.05) is 17.3 Å². The Bertz CT molecular complexity index is 995. The predicted molar refractivity (Wildman–Crippen MR) is 110 cm³/mol. The Labute approximate surface area is 162 Å². The Balaban J connectivity index is 1.78. The summed E-state index contributed by atoms with van der Waals surface area (Å²) in [5.41, 5.74) is 4.06. The number of thioether (sulfide) groups is 1. The number of carbonyl (C=O) groups excluding carboxylic acids is 1. The van der Waals surface area contributed by atoms with Gasteiger partial charge in [0.2, 0.25) is 5.91 Å². The zero-order valence-electron chi connectivity index (χ0n) is 15.4. The Kier molecular flexibility index (Phi) is 5.76. The van der Waals surface area contributed by atoms with E-state index in [0.29, 0.717) is 10.9 Å². The van der Waals surface area contributed by atoms with Gasteiger partial charge in [0.15, 0.2) is 5.16 Å². The molecule has 27 heavy (non-hydrogen) atoms. The lowest BCUT2D eigenvalue weighted by molar-refractivity contribution is -0.115. The maximum atomic E-state index is 12.6. The van der Waals surface area contributed by atoms with E-state index >= 15 is 0 Å². The zero-order valence-corrected chi connectivity index (χ0v) is 16.3. The first-order chi connectivity index (χ1) is 12.9. The number of para-hydroxylation sites is 1. The number of aromatic amines is 1. The maximum Gasteiger partial charge on any atom is 0.252 e. The van der Waals surface area contributed by atoms with E-state index in [9.17, 15) is 9.59 Å². The van der Waals surface area contributed by atoms with Gasteiger partial charge in [-0.3, -0.25) is 9.59 Å². The van der Waals surface area contributed by atoms with Crippen molar-refractivity contribution in [3.63, 3.8) is 0 Å². The lowest BCUT2D eigenvalue weighted by Gasteiger charge is -2.15. The van der Waals surface area contributed by atoms with E-state index in [1.807, 2.05) is 62.4 Å². The van der Waals surface area contributed by atoms with Crippen molar-refractivity contribution in [2.24, 2.45) is 0 Å². The van der Waals surface area contributed by atoms with Crippen LogP contribution in [0.4, 0.5) is 5.69 Å². The van der Waals surface area contributed by atoms with Crippen molar-refractivity contribution in [1.82, 2.24) is 9.97 Å². The average molecular weight is 379 g/mol. The molecule has 1 amide bonds. The number of aryl methyl sites for hydroxylation is 2. The highest BCUT2D eigenvalue weighted by Gasteiger charge is 2.18. The minimum absolute atomic E-state index is 0.134. The number of H-pyrrole nitrogens is 1. The van der Waals surface area contributed by atoms with Gasteiger partial charge in [-0.15, -0.1) is 0 Å². The summed E-state index contributed by atoms with van der Waals surface area (Å²) >= 11 is 1.23. The average Bonchev–Trinajstić information content (AvgIpc) is 2.65. The number of anilines is 1. The molecule has 0 radical (unpaired) electrons. The first-order valence-electron chi connectivity index (χ1n) is 8.64. The number of nitrogens with zero attached hydrogens (tertiary/aromatic N) is 1. The van der Waals surface area contributed by atoms with Gasteiger partial charge in [-0.05, 0) is 31.9 Å². The molecule has 0 aliphatic heterocycles. The van der Waals surface area contributed by atoms with Crippen LogP contribution in [-0.2, 0) is 4.79 Å². The van der Waals surface area contributed by atoms with Crippen molar-refractivity contribution in [1.29, 1.82) is 0 Å². The van der Waals surface area contributed by atoms with Gasteiger partial charge in [0.25, 0.3) is 5.56 Å². The topological polar surface area (TPSA) is 74.8 Å². The van der Waals surface area contributed by atoms with Gasteiger partial charge in [-0.1, -0.05) is 60.3 Å². The van der Waals surface area contributed by atoms with Crippen molar-refractivity contribution < 1.29 is 4.79 Å². The minimum Gasteiger partial charge on any atom is -0.325 e. The number of hydrogen-bond acceptors (Lipinski definition) is 4. The maximum absolute atomic E-state index is 12.6. The molecule has 0 saturated heterocycles. The molecule has 2 N–H and O–H groups in total. The zero-order chi connectivity index (χ0) is 19.4. The van der Waals surface area contributed by atoms with Crippen LogP contribution in [0, 0.1) is 13.8 Å². The molecule has 3 rings (SSSR count). The molecule has 1 aromatic heterocycles. The molecule has 6 heteroatoms. The number of nitrogens with one attached hydrogen (secondary N) is 2. The van der Waals surface area contributed by atoms with Crippen molar-refractivity contribution in [2.45, 2.75) is 31.2 Å². The highest BCUT2D eigenvalue weighted by molar-refractivity contribution is 8.00. The normalized spacial score (nSPS) is 11.8. The molecule has 3 aromatic rings. The monoisotopic (exact) mass is 379 g/mol. The number of rotatable bonds is 5. The van der Waals surface area contributed by atoms with Crippen LogP contribution >= 0.6 is 11.8 Å². The quantitative estimate of drug-likeness (QED) is 0.515. The number of hydrogen-bond donors (Lipinski definition) is 2. The van der Waals surface area contributed by atoms with Crippen molar-refractivity contribution >= 4 is 23.4 Å². The summed E-state index contributed by atoms with van der Waals surface area (Å²) in [6, 6.07) is 16.8. The molecule has 1 heterocycles. The van der Waals surface area contributed by atoms with E-state index in [0.717, 1.165) is 22.4 Å². The molecule has 0 fully saturated rings. The van der Waals surface area contributed by atoms with Crippen LogP contribution in [0.2, 0.25) is 0 Å². The largest absolute Gasteiger partial charge is 0.325 e. The van der Waals surface area contributed by atoms with Crippen LogP contribution in [0.3, 0.4) is 0 Å². The highest BCUT2D eigenvalue weighted by Crippen LogP contribution is 2.25. The van der Waals surface area contributed by atoms with Crippen LogP contribution in [-0.4, -0.2) is 21.1 Å². The van der Waals surface area contributed by atoms with E-state index in [1.165, 1.54) is 17.8 Å². The lowest BCUT2D eigenvalue weighted by atomic mass is 10.1. The molecule has 0 spiro atoms. The summed E-state index contributed by atoms with van der Waals surface area (Å²) in [5, 5.41) is 2.98. The highest BCUT2D eigenvalue weighted by atomic mass is 32.2. The first-order valence-corrected chi connectivity index (χ1v) is 9.52. The van der Waals surface area contributed by atoms with Gasteiger partial charge in [-0.2, -0.15) is 0 Å². The summed E-state index contributed by atoms with van der Waals surface area (Å²) in [4.78, 5) is 31.8. The Hall–Kier alpha value is -2.86. The fourth-order valence-electron chi connectivity index (χ4n) is 2.71. The number of amides is 1. The van der Waals surface area contributed by atoms with Gasteiger partial charge in [0.1, 0.15) is 0 Å². The van der Waals surface area contributed by atoms with E-state index in [-0.39, 0.29) is 11.5 Å². The molecule has 5 nitrogen and oxygen atoms in total. The molecule has 0 aliphatic rings. The van der Waals surface area contributed by atoms with Crippen molar-refractivity contribution in [3.05, 3.63) is 76.1 Å². The Morgan fingerprint density at radius 2 is 1.74 bits per heavy atom. The second-order valence-corrected chi connectivity index (χ2v) is 7.65. The van der Waals surface area contributed by atoms with Crippen LogP contribution in [0.25, 0.3) is 11.3 Å². The molecular formula is C21H21N3O2S. The lowest BCUT2D eigenvalue weighted by Crippen LogP contribution is -2.24. The smallest absolute Gasteiger partial charge is 0.252 e. The summed E-state index contributed by atoms with van der Waals surface area (Å²) in [5.74, 6) is -0.134. The molecule has 0 bridgehead atoms. The SMILES string of the molecule is Cc1cccc(C)c1NC(=O)[C@@H](C)Sc1nc(-c2ccccc2)cc(=O)[nH]1. The van der Waals surface area contributed by atoms with Crippen molar-refractivity contribution in [2.75, 3.05) is 5.32 Å². The standard InChI is InChI=1S/C21H21N3O2S/c1-13-8-7-9-14(2)19(13)24-20(26)15(3)27-21-22-17(12-18(25)23-21)16-10-5-4-6-11-16/h4-12,15H,1-3H3,(H,24,26)(H,22,23,25)/t15-/m1/s1. The predicted octanol–water partition coefficient (Wildman–Crippen LogP) is 4.17. The molecule has 0 saturated carbocycles. The Morgan fingerprint density at radius 3 is 2.41 bits per heavy atom. The summed E-state index contributed by atoms with van der Waals surface area (Å²) in [7, 11) is 0. The van der Waals surface area contributed by atoms with Gasteiger partial charge >= 0.3 is 0 Å². The summed E-state index contributed by atoms with van der Waals surface area (Å²) < 4.78 is 0. The second kappa shape index (κ2) is 8.22. The minimum atomic E-state index is -0.418. The number of carbonyl (C=O) groups is 1. The fourth-order valence-corrected chi connectivity index (χ4v) is 3.52. The number of aromatic nitrogens is 2. The third-order valence-electron chi connectivity index (χ3n) is 4.18. The summed E-state index contributed by atoms with van der Waals surface area (Å²) in [6.45, 7) is 5.72. The third kappa shape index (κ3) is 4.65. The summed E-state index contributed by atoms with van der Waals surface area (Å²) in [6.07, 6.45) is 0. The fraction of sp³-hybridized carbons (Fsp3) is 0.190. The van der Waals surface area contributed by atoms with Crippen LogP contribution in [0.1, 0.15) is 18.1 Å². The first kappa shape index (κ1) is 18.9. The Morgan fingerprint density at radius 1 is 1.07 bits per heavy atom. The molecule has 138 valence electrons. The molecule has 0 unspecified atom stereocenters. The van der Waals surface area contributed by atoms with Gasteiger partial charge in [-0.25, -0.2) is 4.98 Å². The van der Waals surface area contributed by atoms with E-state index < -0.39 is 5.25 Å². The van der Waals surface area contributed by atoms with Crippen LogP contribution in [0.15, 0.2) is 64.5 Å². The molecule has 2 aromatic carbocycles. The third-order valence-corrected chi connectivity index (χ3v) is 5.16. The van der Waals surface area contributed by atoms with Gasteiger partial charge in [0.05, 0.1) is 10.9 Å². The molecule has 0 aliphatic carbocycles. The van der Waals surface area contributed by atoms with Crippen LogP contribution < -0.4 is 10.9 Å². The van der Waals surface area contributed by atoms with E-state index in [2.05, 4.69) is 15.3 Å². The van der Waals surface area contributed by atoms with Crippen LogP contribution in [0.5, 0.6) is 0 Å². The molecular weight excluding hydrogens is 358 g/mol. The number of benzene rings is 2. The second-order valence-electron chi connectivity index (χ2n) is 6.32. The molecule has 1 atom stereocenters.